The minimum absolute atomic E-state index is 0.0385. The van der Waals surface area contributed by atoms with Gasteiger partial charge in [-0.3, -0.25) is 14.9 Å². The van der Waals surface area contributed by atoms with Gasteiger partial charge in [-0.25, -0.2) is 9.69 Å². The van der Waals surface area contributed by atoms with Gasteiger partial charge in [0.25, 0.3) is 11.8 Å². The molecule has 4 rings (SSSR count). The van der Waals surface area contributed by atoms with Gasteiger partial charge in [-0.15, -0.1) is 0 Å². The van der Waals surface area contributed by atoms with Gasteiger partial charge < -0.3 is 4.18 Å². The lowest BCUT2D eigenvalue weighted by Gasteiger charge is -2.27. The molecule has 1 saturated heterocycles. The quantitative estimate of drug-likeness (QED) is 0.206. The average molecular weight is 669 g/mol. The first-order valence-electron chi connectivity index (χ1n) is 10.5. The highest BCUT2D eigenvalue weighted by atomic mass is 79.9. The topological polar surface area (TPSA) is 110 Å². The molecular weight excluding hydrogens is 652 g/mol. The number of barbiturate groups is 1. The molecule has 0 spiro atoms. The third-order valence-electron chi connectivity index (χ3n) is 5.48. The number of hydrogen-bond donors (Lipinski definition) is 1. The van der Waals surface area contributed by atoms with Crippen LogP contribution in [-0.4, -0.2) is 26.3 Å². The largest absolute Gasteiger partial charge is 0.377 e. The SMILES string of the molecule is Cc1ccc(N2C(=O)NC(=O)/C(=C\c3cc(Br)c(OS(=O)(=O)c4ccc(Cl)cc4)c(Br)c3)C2=O)cc1C. The molecule has 1 aliphatic rings. The van der Waals surface area contributed by atoms with Gasteiger partial charge >= 0.3 is 16.1 Å². The lowest BCUT2D eigenvalue weighted by atomic mass is 10.1. The molecule has 3 aromatic carbocycles. The van der Waals surface area contributed by atoms with E-state index in [2.05, 4.69) is 37.2 Å². The van der Waals surface area contributed by atoms with Crippen LogP contribution in [0.3, 0.4) is 0 Å². The first-order chi connectivity index (χ1) is 17.4. The van der Waals surface area contributed by atoms with Crippen LogP contribution in [0, 0.1) is 13.8 Å². The highest BCUT2D eigenvalue weighted by molar-refractivity contribution is 9.11. The molecule has 4 amide bonds. The summed E-state index contributed by atoms with van der Waals surface area (Å²) in [5.41, 5.74) is 2.26. The van der Waals surface area contributed by atoms with Crippen LogP contribution >= 0.6 is 43.5 Å². The number of nitrogens with zero attached hydrogens (tertiary/aromatic N) is 1. The summed E-state index contributed by atoms with van der Waals surface area (Å²) >= 11 is 12.4. The van der Waals surface area contributed by atoms with Crippen LogP contribution in [-0.2, 0) is 19.7 Å². The Morgan fingerprint density at radius 2 is 1.54 bits per heavy atom. The van der Waals surface area contributed by atoms with Crippen molar-refractivity contribution in [3.8, 4) is 5.75 Å². The lowest BCUT2D eigenvalue weighted by Crippen LogP contribution is -2.54. The summed E-state index contributed by atoms with van der Waals surface area (Å²) in [6, 6.07) is 12.6. The minimum atomic E-state index is -4.18. The van der Waals surface area contributed by atoms with E-state index in [0.29, 0.717) is 16.3 Å². The maximum Gasteiger partial charge on any atom is 0.339 e. The van der Waals surface area contributed by atoms with Crippen molar-refractivity contribution in [3.63, 3.8) is 0 Å². The number of carbonyl (C=O) groups excluding carboxylic acids is 3. The summed E-state index contributed by atoms with van der Waals surface area (Å²) < 4.78 is 31.2. The van der Waals surface area contributed by atoms with Gasteiger partial charge in [-0.05, 0) is 117 Å². The predicted octanol–water partition coefficient (Wildman–Crippen LogP) is 5.92. The Balaban J connectivity index is 1.67. The molecule has 1 N–H and O–H groups in total. The lowest BCUT2D eigenvalue weighted by molar-refractivity contribution is -0.122. The Morgan fingerprint density at radius 3 is 2.14 bits per heavy atom. The van der Waals surface area contributed by atoms with Crippen molar-refractivity contribution in [3.05, 3.63) is 90.8 Å². The number of anilines is 1. The van der Waals surface area contributed by atoms with Crippen LogP contribution in [0.2, 0.25) is 5.02 Å². The molecule has 0 radical (unpaired) electrons. The van der Waals surface area contributed by atoms with E-state index in [-0.39, 0.29) is 25.2 Å². The number of benzene rings is 3. The second-order valence-corrected chi connectivity index (χ2v) is 11.7. The fourth-order valence-electron chi connectivity index (χ4n) is 3.42. The van der Waals surface area contributed by atoms with E-state index in [1.165, 1.54) is 42.5 Å². The third kappa shape index (κ3) is 5.64. The highest BCUT2D eigenvalue weighted by Gasteiger charge is 2.37. The molecule has 190 valence electrons. The maximum absolute atomic E-state index is 13.2. The molecule has 3 aromatic rings. The number of nitrogens with one attached hydrogen (secondary N) is 1. The monoisotopic (exact) mass is 666 g/mol. The zero-order valence-corrected chi connectivity index (χ0v) is 24.0. The number of aryl methyl sites for hydroxylation is 2. The van der Waals surface area contributed by atoms with Crippen molar-refractivity contribution in [1.29, 1.82) is 0 Å². The number of urea groups is 1. The summed E-state index contributed by atoms with van der Waals surface area (Å²) in [7, 11) is -4.18. The van der Waals surface area contributed by atoms with E-state index < -0.39 is 28.0 Å². The Bertz CT molecular complexity index is 1580. The van der Waals surface area contributed by atoms with Gasteiger partial charge in [0, 0.05) is 5.02 Å². The Kier molecular flexibility index (Phi) is 7.61. The first kappa shape index (κ1) is 27.1. The van der Waals surface area contributed by atoms with Gasteiger partial charge in [0.15, 0.2) is 5.75 Å². The van der Waals surface area contributed by atoms with E-state index in [1.54, 1.807) is 18.2 Å². The molecule has 0 bridgehead atoms. The maximum atomic E-state index is 13.2. The zero-order chi connectivity index (χ0) is 27.1. The van der Waals surface area contributed by atoms with E-state index >= 15 is 0 Å². The predicted molar refractivity (Wildman–Crippen MR) is 146 cm³/mol. The summed E-state index contributed by atoms with van der Waals surface area (Å²) in [6.07, 6.45) is 1.30. The third-order valence-corrected chi connectivity index (χ3v) is 8.14. The normalized spacial score (nSPS) is 15.2. The molecule has 0 unspecified atom stereocenters. The summed E-state index contributed by atoms with van der Waals surface area (Å²) in [6.45, 7) is 3.74. The average Bonchev–Trinajstić information content (AvgIpc) is 2.81. The zero-order valence-electron chi connectivity index (χ0n) is 19.2. The van der Waals surface area contributed by atoms with Crippen molar-refractivity contribution >= 4 is 83.2 Å². The van der Waals surface area contributed by atoms with Gasteiger partial charge in [0.2, 0.25) is 0 Å². The number of imide groups is 2. The molecule has 8 nitrogen and oxygen atoms in total. The van der Waals surface area contributed by atoms with Crippen molar-refractivity contribution < 1.29 is 27.0 Å². The van der Waals surface area contributed by atoms with Crippen LogP contribution in [0.25, 0.3) is 6.08 Å². The molecule has 0 saturated carbocycles. The van der Waals surface area contributed by atoms with E-state index in [1.807, 2.05) is 13.8 Å². The smallest absolute Gasteiger partial charge is 0.339 e. The molecule has 12 heteroatoms. The van der Waals surface area contributed by atoms with Gasteiger partial charge in [-0.2, -0.15) is 8.42 Å². The van der Waals surface area contributed by atoms with E-state index in [9.17, 15) is 22.8 Å². The molecule has 37 heavy (non-hydrogen) atoms. The Labute approximate surface area is 234 Å². The fourth-order valence-corrected chi connectivity index (χ4v) is 6.11. The summed E-state index contributed by atoms with van der Waals surface area (Å²) in [5, 5.41) is 2.55. The summed E-state index contributed by atoms with van der Waals surface area (Å²) in [5.74, 6) is -1.69. The molecule has 1 aliphatic heterocycles. The van der Waals surface area contributed by atoms with Gasteiger partial charge in [0.05, 0.1) is 14.6 Å². The van der Waals surface area contributed by atoms with Crippen molar-refractivity contribution in [2.45, 2.75) is 18.7 Å². The number of rotatable bonds is 5. The number of hydrogen-bond acceptors (Lipinski definition) is 6. The van der Waals surface area contributed by atoms with Crippen LogP contribution < -0.4 is 14.4 Å². The fraction of sp³-hybridized carbons (Fsp3) is 0.0800. The number of carbonyl (C=O) groups is 3. The van der Waals surface area contributed by atoms with E-state index in [4.69, 9.17) is 15.8 Å². The van der Waals surface area contributed by atoms with Gasteiger partial charge in [-0.1, -0.05) is 17.7 Å². The standard InChI is InChI=1S/C25H17Br2ClN2O6S/c1-13-3-6-17(9-14(13)2)30-24(32)19(23(31)29-25(30)33)10-15-11-20(26)22(21(27)12-15)36-37(34,35)18-7-4-16(28)5-8-18/h3-12H,1-2H3,(H,29,31,33)/b19-10+. The van der Waals surface area contributed by atoms with Crippen LogP contribution in [0.15, 0.2) is 74.0 Å². The van der Waals surface area contributed by atoms with Crippen molar-refractivity contribution in [2.24, 2.45) is 0 Å². The van der Waals surface area contributed by atoms with Gasteiger partial charge in [0.1, 0.15) is 10.5 Å². The molecule has 0 atom stereocenters. The molecular formula is C25H17Br2ClN2O6S. The second-order valence-electron chi connectivity index (χ2n) is 8.03. The number of halogens is 3. The molecule has 1 heterocycles. The van der Waals surface area contributed by atoms with Crippen molar-refractivity contribution in [1.82, 2.24) is 5.32 Å². The molecule has 0 aromatic heterocycles. The Morgan fingerprint density at radius 1 is 0.919 bits per heavy atom. The Hall–Kier alpha value is -2.99. The van der Waals surface area contributed by atoms with Crippen LogP contribution in [0.5, 0.6) is 5.75 Å². The van der Waals surface area contributed by atoms with Crippen molar-refractivity contribution in [2.75, 3.05) is 4.90 Å². The highest BCUT2D eigenvalue weighted by Crippen LogP contribution is 2.37. The van der Waals surface area contributed by atoms with E-state index in [0.717, 1.165) is 16.0 Å². The second kappa shape index (κ2) is 10.4. The minimum Gasteiger partial charge on any atom is -0.377 e. The summed E-state index contributed by atoms with van der Waals surface area (Å²) in [4.78, 5) is 39.0. The first-order valence-corrected chi connectivity index (χ1v) is 13.9. The van der Waals surface area contributed by atoms with Crippen LogP contribution in [0.1, 0.15) is 16.7 Å². The molecule has 0 aliphatic carbocycles. The number of amides is 4. The van der Waals surface area contributed by atoms with Crippen LogP contribution in [0.4, 0.5) is 10.5 Å². The molecule has 1 fully saturated rings.